The number of carboxylic acids is 1. The summed E-state index contributed by atoms with van der Waals surface area (Å²) >= 11 is 0. The molecule has 1 N–H and O–H groups in total. The molecule has 0 heterocycles. The Labute approximate surface area is 158 Å². The SMILES string of the molecule is COCCOCCOCCOCCOc1cc(C(=O)O)cc(C(=O)OC)c1. The fraction of sp³-hybridized carbons (Fsp3) is 0.556. The van der Waals surface area contributed by atoms with E-state index in [-0.39, 0.29) is 23.5 Å². The van der Waals surface area contributed by atoms with Crippen molar-refractivity contribution in [1.82, 2.24) is 0 Å². The van der Waals surface area contributed by atoms with E-state index in [0.717, 1.165) is 0 Å². The second-order valence-corrected chi connectivity index (χ2v) is 5.22. The zero-order valence-corrected chi connectivity index (χ0v) is 15.6. The van der Waals surface area contributed by atoms with Gasteiger partial charge < -0.3 is 33.5 Å². The molecule has 9 heteroatoms. The lowest BCUT2D eigenvalue weighted by atomic mass is 10.1. The highest BCUT2D eigenvalue weighted by Crippen LogP contribution is 2.18. The highest BCUT2D eigenvalue weighted by molar-refractivity contribution is 5.95. The average Bonchev–Trinajstić information content (AvgIpc) is 2.67. The summed E-state index contributed by atoms with van der Waals surface area (Å²) in [5.74, 6) is -1.55. The quantitative estimate of drug-likeness (QED) is 0.352. The number of hydrogen-bond acceptors (Lipinski definition) is 8. The summed E-state index contributed by atoms with van der Waals surface area (Å²) in [7, 11) is 2.83. The van der Waals surface area contributed by atoms with Crippen molar-refractivity contribution in [3.05, 3.63) is 29.3 Å². The van der Waals surface area contributed by atoms with E-state index in [0.29, 0.717) is 46.2 Å². The van der Waals surface area contributed by atoms with Crippen LogP contribution in [0.3, 0.4) is 0 Å². The highest BCUT2D eigenvalue weighted by Gasteiger charge is 2.13. The Kier molecular flexibility index (Phi) is 11.8. The van der Waals surface area contributed by atoms with Gasteiger partial charge in [-0.15, -0.1) is 0 Å². The molecule has 0 unspecified atom stereocenters. The van der Waals surface area contributed by atoms with Gasteiger partial charge in [-0.25, -0.2) is 9.59 Å². The summed E-state index contributed by atoms with van der Waals surface area (Å²) in [6.07, 6.45) is 0. The Morgan fingerprint density at radius 3 is 1.81 bits per heavy atom. The maximum atomic E-state index is 11.6. The van der Waals surface area contributed by atoms with Crippen molar-refractivity contribution >= 4 is 11.9 Å². The second kappa shape index (κ2) is 13.9. The fourth-order valence-electron chi connectivity index (χ4n) is 1.94. The number of aromatic carboxylic acids is 1. The Hall–Kier alpha value is -2.20. The van der Waals surface area contributed by atoms with Gasteiger partial charge in [0.15, 0.2) is 0 Å². The lowest BCUT2D eigenvalue weighted by molar-refractivity contribution is 0.000156. The normalized spacial score (nSPS) is 10.6. The molecule has 1 rings (SSSR count). The van der Waals surface area contributed by atoms with Gasteiger partial charge in [-0.2, -0.15) is 0 Å². The van der Waals surface area contributed by atoms with E-state index in [4.69, 9.17) is 28.8 Å². The Morgan fingerprint density at radius 2 is 1.30 bits per heavy atom. The number of esters is 1. The van der Waals surface area contributed by atoms with Gasteiger partial charge in [-0.3, -0.25) is 0 Å². The molecule has 0 atom stereocenters. The van der Waals surface area contributed by atoms with Gasteiger partial charge in [-0.1, -0.05) is 0 Å². The van der Waals surface area contributed by atoms with Crippen LogP contribution in [0.2, 0.25) is 0 Å². The average molecular weight is 386 g/mol. The van der Waals surface area contributed by atoms with Crippen LogP contribution in [-0.2, 0) is 23.7 Å². The minimum absolute atomic E-state index is 0.0602. The Morgan fingerprint density at radius 1 is 0.778 bits per heavy atom. The zero-order valence-electron chi connectivity index (χ0n) is 15.6. The largest absolute Gasteiger partial charge is 0.491 e. The molecule has 152 valence electrons. The number of hydrogen-bond donors (Lipinski definition) is 1. The van der Waals surface area contributed by atoms with Crippen molar-refractivity contribution in [2.24, 2.45) is 0 Å². The van der Waals surface area contributed by atoms with Crippen molar-refractivity contribution in [3.63, 3.8) is 0 Å². The zero-order chi connectivity index (χ0) is 19.9. The number of carboxylic acid groups (broad SMARTS) is 1. The number of carbonyl (C=O) groups excluding carboxylic acids is 1. The topological polar surface area (TPSA) is 110 Å². The van der Waals surface area contributed by atoms with E-state index in [1.54, 1.807) is 7.11 Å². The molecule has 0 bridgehead atoms. The van der Waals surface area contributed by atoms with Crippen molar-refractivity contribution in [2.45, 2.75) is 0 Å². The molecule has 1 aromatic carbocycles. The first kappa shape index (κ1) is 22.8. The van der Waals surface area contributed by atoms with Crippen LogP contribution in [0.4, 0.5) is 0 Å². The lowest BCUT2D eigenvalue weighted by Gasteiger charge is -2.10. The fourth-order valence-corrected chi connectivity index (χ4v) is 1.94. The summed E-state index contributed by atoms with van der Waals surface area (Å²) in [6, 6.07) is 3.99. The lowest BCUT2D eigenvalue weighted by Crippen LogP contribution is -2.14. The predicted molar refractivity (Wildman–Crippen MR) is 94.6 cm³/mol. The van der Waals surface area contributed by atoms with Gasteiger partial charge in [0.05, 0.1) is 64.5 Å². The van der Waals surface area contributed by atoms with Crippen LogP contribution >= 0.6 is 0 Å². The monoisotopic (exact) mass is 386 g/mol. The molecule has 0 aliphatic heterocycles. The number of ether oxygens (including phenoxy) is 6. The molecular formula is C18H26O9. The van der Waals surface area contributed by atoms with Crippen molar-refractivity contribution < 1.29 is 43.1 Å². The molecule has 0 aliphatic carbocycles. The summed E-state index contributed by atoms with van der Waals surface area (Å²) in [5.41, 5.74) is 0.0457. The minimum Gasteiger partial charge on any atom is -0.491 e. The smallest absolute Gasteiger partial charge is 0.338 e. The summed E-state index contributed by atoms with van der Waals surface area (Å²) in [6.45, 7) is 3.37. The van der Waals surface area contributed by atoms with Gasteiger partial charge in [-0.05, 0) is 18.2 Å². The van der Waals surface area contributed by atoms with E-state index in [9.17, 15) is 9.59 Å². The first-order chi connectivity index (χ1) is 13.1. The molecule has 1 aromatic rings. The molecule has 27 heavy (non-hydrogen) atoms. The van der Waals surface area contributed by atoms with Crippen LogP contribution in [0.15, 0.2) is 18.2 Å². The van der Waals surface area contributed by atoms with Crippen molar-refractivity contribution in [1.29, 1.82) is 0 Å². The Balaban J connectivity index is 2.21. The van der Waals surface area contributed by atoms with Crippen molar-refractivity contribution in [3.8, 4) is 5.75 Å². The molecule has 0 saturated carbocycles. The van der Waals surface area contributed by atoms with E-state index in [1.165, 1.54) is 25.3 Å². The van der Waals surface area contributed by atoms with Crippen LogP contribution in [0.5, 0.6) is 5.75 Å². The third kappa shape index (κ3) is 9.90. The van der Waals surface area contributed by atoms with E-state index < -0.39 is 11.9 Å². The number of methoxy groups -OCH3 is 2. The van der Waals surface area contributed by atoms with E-state index >= 15 is 0 Å². The maximum Gasteiger partial charge on any atom is 0.338 e. The number of rotatable bonds is 15. The summed E-state index contributed by atoms with van der Waals surface area (Å²) in [4.78, 5) is 22.7. The van der Waals surface area contributed by atoms with Crippen LogP contribution in [0, 0.1) is 0 Å². The van der Waals surface area contributed by atoms with Gasteiger partial charge in [0.1, 0.15) is 12.4 Å². The number of carbonyl (C=O) groups is 2. The molecule has 0 amide bonds. The molecule has 9 nitrogen and oxygen atoms in total. The maximum absolute atomic E-state index is 11.6. The Bertz CT molecular complexity index is 574. The van der Waals surface area contributed by atoms with Gasteiger partial charge in [0.25, 0.3) is 0 Å². The third-order valence-electron chi connectivity index (χ3n) is 3.25. The minimum atomic E-state index is -1.16. The van der Waals surface area contributed by atoms with E-state index in [2.05, 4.69) is 4.74 Å². The van der Waals surface area contributed by atoms with Crippen LogP contribution in [0.25, 0.3) is 0 Å². The predicted octanol–water partition coefficient (Wildman–Crippen LogP) is 1.25. The summed E-state index contributed by atoms with van der Waals surface area (Å²) < 4.78 is 30.8. The molecule has 0 spiro atoms. The van der Waals surface area contributed by atoms with Crippen LogP contribution in [0.1, 0.15) is 20.7 Å². The standard InChI is InChI=1S/C18H26O9/c1-22-3-4-24-5-6-25-7-8-26-9-10-27-16-12-14(17(19)20)11-15(13-16)18(21)23-2/h11-13H,3-10H2,1-2H3,(H,19,20). The van der Waals surface area contributed by atoms with Gasteiger partial charge in [0.2, 0.25) is 0 Å². The molecule has 0 aromatic heterocycles. The molecule has 0 saturated heterocycles. The highest BCUT2D eigenvalue weighted by atomic mass is 16.6. The summed E-state index contributed by atoms with van der Waals surface area (Å²) in [5, 5.41) is 9.10. The van der Waals surface area contributed by atoms with Crippen molar-refractivity contribution in [2.75, 3.05) is 67.1 Å². The van der Waals surface area contributed by atoms with Crippen LogP contribution in [-0.4, -0.2) is 84.1 Å². The third-order valence-corrected chi connectivity index (χ3v) is 3.25. The molecule has 0 fully saturated rings. The molecule has 0 radical (unpaired) electrons. The van der Waals surface area contributed by atoms with E-state index in [1.807, 2.05) is 0 Å². The first-order valence-electron chi connectivity index (χ1n) is 8.40. The van der Waals surface area contributed by atoms with Crippen LogP contribution < -0.4 is 4.74 Å². The van der Waals surface area contributed by atoms with Gasteiger partial charge >= 0.3 is 11.9 Å². The first-order valence-corrected chi connectivity index (χ1v) is 8.40. The molecular weight excluding hydrogens is 360 g/mol. The number of benzene rings is 1. The molecule has 0 aliphatic rings. The van der Waals surface area contributed by atoms with Gasteiger partial charge in [0, 0.05) is 7.11 Å². The second-order valence-electron chi connectivity index (χ2n) is 5.22.